The van der Waals surface area contributed by atoms with E-state index >= 15 is 0 Å². The molecule has 0 N–H and O–H groups in total. The Morgan fingerprint density at radius 2 is 1.96 bits per heavy atom. The summed E-state index contributed by atoms with van der Waals surface area (Å²) in [5.41, 5.74) is 0.424. The minimum Gasteiger partial charge on any atom is -0.464 e. The third kappa shape index (κ3) is 2.16. The predicted molar refractivity (Wildman–Crippen MR) is 85.1 cm³/mol. The third-order valence-corrected chi connectivity index (χ3v) is 4.05. The molecular weight excluding hydrogens is 300 g/mol. The standard InChI is InChI=1S/C18H11F2NO2/c19-13-7-15(21-8-14(13)20)12-9-23-16-6-5-10-3-1-2-4-11(10)17(16)18(12)22/h1-6,8-9,15H,7H2. The maximum atomic E-state index is 13.5. The minimum atomic E-state index is -0.989. The maximum absolute atomic E-state index is 13.5. The van der Waals surface area contributed by atoms with Gasteiger partial charge in [0.05, 0.1) is 23.2 Å². The summed E-state index contributed by atoms with van der Waals surface area (Å²) in [5, 5.41) is 2.11. The van der Waals surface area contributed by atoms with E-state index in [9.17, 15) is 13.6 Å². The van der Waals surface area contributed by atoms with Crippen LogP contribution in [0.5, 0.6) is 0 Å². The van der Waals surface area contributed by atoms with E-state index in [2.05, 4.69) is 4.99 Å². The van der Waals surface area contributed by atoms with Crippen molar-refractivity contribution >= 4 is 28.0 Å². The van der Waals surface area contributed by atoms with Crippen LogP contribution in [0.15, 0.2) is 68.5 Å². The highest BCUT2D eigenvalue weighted by molar-refractivity contribution is 6.05. The summed E-state index contributed by atoms with van der Waals surface area (Å²) in [4.78, 5) is 16.8. The van der Waals surface area contributed by atoms with Gasteiger partial charge in [0.15, 0.2) is 11.3 Å². The summed E-state index contributed by atoms with van der Waals surface area (Å²) in [5.74, 6) is -1.89. The Kier molecular flexibility index (Phi) is 3.08. The zero-order valence-electron chi connectivity index (χ0n) is 11.9. The van der Waals surface area contributed by atoms with Crippen LogP contribution in [0, 0.1) is 0 Å². The quantitative estimate of drug-likeness (QED) is 0.616. The fraction of sp³-hybridized carbons (Fsp3) is 0.111. The Bertz CT molecular complexity index is 1050. The number of benzene rings is 2. The van der Waals surface area contributed by atoms with Crippen LogP contribution in [0.3, 0.4) is 0 Å². The molecule has 3 nitrogen and oxygen atoms in total. The number of aliphatic imine (C=N–C) groups is 1. The zero-order valence-corrected chi connectivity index (χ0v) is 11.9. The van der Waals surface area contributed by atoms with Gasteiger partial charge in [0, 0.05) is 6.42 Å². The largest absolute Gasteiger partial charge is 0.464 e. The molecule has 5 heteroatoms. The molecule has 0 saturated carbocycles. The second kappa shape index (κ2) is 5.12. The van der Waals surface area contributed by atoms with Crippen molar-refractivity contribution in [1.82, 2.24) is 0 Å². The number of dihydropyridines is 1. The van der Waals surface area contributed by atoms with Crippen molar-refractivity contribution in [3.05, 3.63) is 70.1 Å². The Morgan fingerprint density at radius 1 is 1.13 bits per heavy atom. The molecule has 2 heterocycles. The Balaban J connectivity index is 1.97. The Labute approximate surface area is 129 Å². The molecule has 0 saturated heterocycles. The Morgan fingerprint density at radius 3 is 2.78 bits per heavy atom. The summed E-state index contributed by atoms with van der Waals surface area (Å²) in [6.07, 6.45) is 1.83. The number of halogens is 2. The summed E-state index contributed by atoms with van der Waals surface area (Å²) in [6.45, 7) is 0. The molecule has 3 aromatic rings. The van der Waals surface area contributed by atoms with Gasteiger partial charge in [-0.2, -0.15) is 0 Å². The number of fused-ring (bicyclic) bond motifs is 3. The van der Waals surface area contributed by atoms with E-state index in [4.69, 9.17) is 4.42 Å². The molecule has 0 spiro atoms. The lowest BCUT2D eigenvalue weighted by atomic mass is 9.99. The van der Waals surface area contributed by atoms with Crippen molar-refractivity contribution in [2.24, 2.45) is 4.99 Å². The lowest BCUT2D eigenvalue weighted by Gasteiger charge is -2.14. The van der Waals surface area contributed by atoms with Gasteiger partial charge in [-0.15, -0.1) is 0 Å². The van der Waals surface area contributed by atoms with E-state index in [1.807, 2.05) is 30.3 Å². The number of rotatable bonds is 1. The minimum absolute atomic E-state index is 0.229. The normalized spacial score (nSPS) is 18.1. The first-order valence-corrected chi connectivity index (χ1v) is 7.15. The maximum Gasteiger partial charge on any atom is 0.198 e. The SMILES string of the molecule is O=c1c(C2CC(F)=C(F)C=N2)coc2ccc3ccccc3c12. The molecule has 0 bridgehead atoms. The second-order valence-corrected chi connectivity index (χ2v) is 5.43. The molecule has 0 radical (unpaired) electrons. The lowest BCUT2D eigenvalue weighted by molar-refractivity contribution is 0.485. The monoisotopic (exact) mass is 311 g/mol. The third-order valence-electron chi connectivity index (χ3n) is 4.05. The van der Waals surface area contributed by atoms with Gasteiger partial charge in [0.1, 0.15) is 17.7 Å². The van der Waals surface area contributed by atoms with Crippen molar-refractivity contribution < 1.29 is 13.2 Å². The summed E-state index contributed by atoms with van der Waals surface area (Å²) in [6, 6.07) is 10.3. The molecule has 1 atom stereocenters. The van der Waals surface area contributed by atoms with Gasteiger partial charge < -0.3 is 4.42 Å². The van der Waals surface area contributed by atoms with E-state index < -0.39 is 17.7 Å². The molecule has 0 amide bonds. The van der Waals surface area contributed by atoms with Crippen LogP contribution in [-0.4, -0.2) is 6.21 Å². The smallest absolute Gasteiger partial charge is 0.198 e. The molecular formula is C18H11F2NO2. The number of nitrogens with zero attached hydrogens (tertiary/aromatic N) is 1. The van der Waals surface area contributed by atoms with Crippen molar-refractivity contribution in [2.75, 3.05) is 0 Å². The van der Waals surface area contributed by atoms with Gasteiger partial charge in [-0.05, 0) is 16.8 Å². The van der Waals surface area contributed by atoms with Crippen LogP contribution < -0.4 is 5.43 Å². The van der Waals surface area contributed by atoms with Crippen LogP contribution in [-0.2, 0) is 0 Å². The highest BCUT2D eigenvalue weighted by Gasteiger charge is 2.23. The van der Waals surface area contributed by atoms with Crippen LogP contribution in [0.1, 0.15) is 18.0 Å². The topological polar surface area (TPSA) is 42.6 Å². The van der Waals surface area contributed by atoms with Crippen molar-refractivity contribution in [3.8, 4) is 0 Å². The first-order chi connectivity index (χ1) is 11.1. The molecule has 1 aromatic heterocycles. The van der Waals surface area contributed by atoms with Gasteiger partial charge in [0.25, 0.3) is 0 Å². The summed E-state index contributed by atoms with van der Waals surface area (Å²) < 4.78 is 32.1. The molecule has 0 aliphatic carbocycles. The van der Waals surface area contributed by atoms with Crippen LogP contribution in [0.25, 0.3) is 21.7 Å². The van der Waals surface area contributed by atoms with Gasteiger partial charge in [-0.25, -0.2) is 8.78 Å². The van der Waals surface area contributed by atoms with E-state index in [-0.39, 0.29) is 17.4 Å². The molecule has 1 unspecified atom stereocenters. The molecule has 1 aliphatic rings. The number of hydrogen-bond donors (Lipinski definition) is 0. The van der Waals surface area contributed by atoms with Crippen LogP contribution in [0.2, 0.25) is 0 Å². The van der Waals surface area contributed by atoms with E-state index in [0.717, 1.165) is 17.0 Å². The first kappa shape index (κ1) is 13.8. The molecule has 0 fully saturated rings. The fourth-order valence-corrected chi connectivity index (χ4v) is 2.87. The average Bonchev–Trinajstić information content (AvgIpc) is 2.57. The van der Waals surface area contributed by atoms with E-state index in [1.165, 1.54) is 6.26 Å². The summed E-state index contributed by atoms with van der Waals surface area (Å²) >= 11 is 0. The molecule has 114 valence electrons. The zero-order chi connectivity index (χ0) is 16.0. The Hall–Kier alpha value is -2.82. The first-order valence-electron chi connectivity index (χ1n) is 7.15. The molecule has 23 heavy (non-hydrogen) atoms. The lowest BCUT2D eigenvalue weighted by Crippen LogP contribution is -2.15. The molecule has 1 aliphatic heterocycles. The number of hydrogen-bond acceptors (Lipinski definition) is 3. The highest BCUT2D eigenvalue weighted by atomic mass is 19.2. The van der Waals surface area contributed by atoms with Gasteiger partial charge in [-0.3, -0.25) is 9.79 Å². The van der Waals surface area contributed by atoms with Crippen molar-refractivity contribution in [1.29, 1.82) is 0 Å². The van der Waals surface area contributed by atoms with Gasteiger partial charge in [0.2, 0.25) is 0 Å². The average molecular weight is 311 g/mol. The van der Waals surface area contributed by atoms with Gasteiger partial charge in [-0.1, -0.05) is 30.3 Å². The second-order valence-electron chi connectivity index (χ2n) is 5.43. The highest BCUT2D eigenvalue weighted by Crippen LogP contribution is 2.31. The molecule has 2 aromatic carbocycles. The van der Waals surface area contributed by atoms with E-state index in [1.54, 1.807) is 6.07 Å². The van der Waals surface area contributed by atoms with Crippen LogP contribution >= 0.6 is 0 Å². The fourth-order valence-electron chi connectivity index (χ4n) is 2.87. The van der Waals surface area contributed by atoms with Gasteiger partial charge >= 0.3 is 0 Å². The predicted octanol–water partition coefficient (Wildman–Crippen LogP) is 4.61. The van der Waals surface area contributed by atoms with Crippen molar-refractivity contribution in [3.63, 3.8) is 0 Å². The summed E-state index contributed by atoms with van der Waals surface area (Å²) in [7, 11) is 0. The van der Waals surface area contributed by atoms with Crippen molar-refractivity contribution in [2.45, 2.75) is 12.5 Å². The van der Waals surface area contributed by atoms with Crippen LogP contribution in [0.4, 0.5) is 8.78 Å². The van der Waals surface area contributed by atoms with E-state index in [0.29, 0.717) is 11.0 Å². The number of allylic oxidation sites excluding steroid dienone is 1. The molecule has 4 rings (SSSR count).